The van der Waals surface area contributed by atoms with Gasteiger partial charge in [-0.2, -0.15) is 0 Å². The van der Waals surface area contributed by atoms with E-state index in [9.17, 15) is 4.79 Å². The van der Waals surface area contributed by atoms with Gasteiger partial charge in [0.25, 0.3) is 0 Å². The van der Waals surface area contributed by atoms with E-state index in [1.165, 1.54) is 31.2 Å². The number of rotatable bonds is 8. The maximum Gasteiger partial charge on any atom is 0.220 e. The molecule has 0 saturated carbocycles. The van der Waals surface area contributed by atoms with Gasteiger partial charge in [0.2, 0.25) is 5.91 Å². The van der Waals surface area contributed by atoms with Crippen LogP contribution in [0.15, 0.2) is 24.3 Å². The van der Waals surface area contributed by atoms with Gasteiger partial charge in [0.1, 0.15) is 5.75 Å². The molecule has 2 aliphatic rings. The van der Waals surface area contributed by atoms with Crippen molar-refractivity contribution >= 4 is 30.7 Å². The lowest BCUT2D eigenvalue weighted by molar-refractivity contribution is -0.122. The van der Waals surface area contributed by atoms with Crippen LogP contribution in [0.1, 0.15) is 50.6 Å². The SMILES string of the molecule is COc1ccc(C(CNC(=O)CC(C)C2CCCNC2)N2CCCC2)cc1.Cl.Cl. The molecule has 3 rings (SSSR count). The third-order valence-corrected chi connectivity index (χ3v) is 6.22. The first kappa shape index (κ1) is 26.0. The fourth-order valence-corrected chi connectivity index (χ4v) is 4.44. The number of carbonyl (C=O) groups is 1. The van der Waals surface area contributed by atoms with Crippen LogP contribution in [0.4, 0.5) is 0 Å². The second kappa shape index (κ2) is 13.3. The second-order valence-electron chi connectivity index (χ2n) is 8.12. The summed E-state index contributed by atoms with van der Waals surface area (Å²) in [5.41, 5.74) is 1.25. The van der Waals surface area contributed by atoms with Crippen molar-refractivity contribution in [3.63, 3.8) is 0 Å². The summed E-state index contributed by atoms with van der Waals surface area (Å²) in [6.45, 7) is 7.29. The van der Waals surface area contributed by atoms with E-state index in [2.05, 4.69) is 34.6 Å². The zero-order valence-electron chi connectivity index (χ0n) is 17.7. The van der Waals surface area contributed by atoms with Gasteiger partial charge in [0.15, 0.2) is 0 Å². The molecule has 0 aromatic heterocycles. The van der Waals surface area contributed by atoms with E-state index in [0.29, 0.717) is 24.8 Å². The third kappa shape index (κ3) is 7.63. The van der Waals surface area contributed by atoms with Crippen LogP contribution in [-0.4, -0.2) is 50.6 Å². The predicted octanol–water partition coefficient (Wildman–Crippen LogP) is 3.82. The van der Waals surface area contributed by atoms with E-state index in [1.807, 2.05) is 12.1 Å². The minimum absolute atomic E-state index is 0. The molecule has 2 aliphatic heterocycles. The molecular weight excluding hydrogens is 409 g/mol. The molecule has 29 heavy (non-hydrogen) atoms. The fourth-order valence-electron chi connectivity index (χ4n) is 4.44. The van der Waals surface area contributed by atoms with E-state index in [0.717, 1.165) is 31.9 Å². The Labute approximate surface area is 188 Å². The normalized spacial score (nSPS) is 21.4. The predicted molar refractivity (Wildman–Crippen MR) is 123 cm³/mol. The highest BCUT2D eigenvalue weighted by molar-refractivity contribution is 5.85. The quantitative estimate of drug-likeness (QED) is 0.638. The van der Waals surface area contributed by atoms with Gasteiger partial charge < -0.3 is 15.4 Å². The molecule has 0 spiro atoms. The molecule has 0 bridgehead atoms. The third-order valence-electron chi connectivity index (χ3n) is 6.22. The lowest BCUT2D eigenvalue weighted by Gasteiger charge is -2.30. The monoisotopic (exact) mass is 445 g/mol. The molecule has 2 saturated heterocycles. The van der Waals surface area contributed by atoms with Crippen LogP contribution >= 0.6 is 24.8 Å². The van der Waals surface area contributed by atoms with Crippen molar-refractivity contribution in [3.8, 4) is 5.75 Å². The van der Waals surface area contributed by atoms with E-state index < -0.39 is 0 Å². The average molecular weight is 446 g/mol. The number of carbonyl (C=O) groups excluding carboxylic acids is 1. The van der Waals surface area contributed by atoms with Crippen LogP contribution < -0.4 is 15.4 Å². The van der Waals surface area contributed by atoms with E-state index in [4.69, 9.17) is 4.74 Å². The highest BCUT2D eigenvalue weighted by atomic mass is 35.5. The molecule has 0 radical (unpaired) electrons. The van der Waals surface area contributed by atoms with Gasteiger partial charge in [-0.15, -0.1) is 24.8 Å². The smallest absolute Gasteiger partial charge is 0.220 e. The Morgan fingerprint density at radius 3 is 2.48 bits per heavy atom. The highest BCUT2D eigenvalue weighted by Gasteiger charge is 2.25. The Morgan fingerprint density at radius 1 is 1.21 bits per heavy atom. The number of methoxy groups -OCH3 is 1. The van der Waals surface area contributed by atoms with Crippen molar-refractivity contribution in [2.45, 2.75) is 45.1 Å². The average Bonchev–Trinajstić information content (AvgIpc) is 3.24. The summed E-state index contributed by atoms with van der Waals surface area (Å²) in [5.74, 6) is 2.12. The van der Waals surface area contributed by atoms with Gasteiger partial charge >= 0.3 is 0 Å². The molecular formula is C22H37Cl2N3O2. The number of hydrogen-bond acceptors (Lipinski definition) is 4. The molecule has 1 aromatic carbocycles. The number of likely N-dealkylation sites (tertiary alicyclic amines) is 1. The molecule has 0 aliphatic carbocycles. The first-order valence-electron chi connectivity index (χ1n) is 10.5. The Kier molecular flexibility index (Phi) is 12.0. The molecule has 5 nitrogen and oxygen atoms in total. The number of ether oxygens (including phenoxy) is 1. The standard InChI is InChI=1S/C22H35N3O2.2ClH/c1-17(19-6-5-11-23-15-19)14-22(26)24-16-21(25-12-3-4-13-25)18-7-9-20(27-2)10-8-18;;/h7-10,17,19,21,23H,3-6,11-16H2,1-2H3,(H,24,26);2*1H. The highest BCUT2D eigenvalue weighted by Crippen LogP contribution is 2.27. The summed E-state index contributed by atoms with van der Waals surface area (Å²) in [7, 11) is 1.69. The Morgan fingerprint density at radius 2 is 1.90 bits per heavy atom. The molecule has 3 atom stereocenters. The molecule has 2 fully saturated rings. The fraction of sp³-hybridized carbons (Fsp3) is 0.682. The van der Waals surface area contributed by atoms with E-state index >= 15 is 0 Å². The summed E-state index contributed by atoms with van der Waals surface area (Å²) in [6, 6.07) is 8.53. The van der Waals surface area contributed by atoms with Gasteiger partial charge in [-0.3, -0.25) is 9.69 Å². The molecule has 166 valence electrons. The van der Waals surface area contributed by atoms with Crippen molar-refractivity contribution in [1.82, 2.24) is 15.5 Å². The molecule has 2 N–H and O–H groups in total. The number of hydrogen-bond donors (Lipinski definition) is 2. The molecule has 2 heterocycles. The zero-order chi connectivity index (χ0) is 19.1. The summed E-state index contributed by atoms with van der Waals surface area (Å²) in [6.07, 6.45) is 5.58. The number of halogens is 2. The second-order valence-corrected chi connectivity index (χ2v) is 8.12. The van der Waals surface area contributed by atoms with Crippen LogP contribution in [0, 0.1) is 11.8 Å². The summed E-state index contributed by atoms with van der Waals surface area (Å²) < 4.78 is 5.29. The van der Waals surface area contributed by atoms with Crippen LogP contribution in [-0.2, 0) is 4.79 Å². The summed E-state index contributed by atoms with van der Waals surface area (Å²) >= 11 is 0. The molecule has 3 unspecified atom stereocenters. The minimum Gasteiger partial charge on any atom is -0.497 e. The van der Waals surface area contributed by atoms with Gasteiger partial charge in [-0.25, -0.2) is 0 Å². The first-order chi connectivity index (χ1) is 13.2. The zero-order valence-corrected chi connectivity index (χ0v) is 19.3. The van der Waals surface area contributed by atoms with Crippen molar-refractivity contribution in [2.75, 3.05) is 39.8 Å². The largest absolute Gasteiger partial charge is 0.497 e. The minimum atomic E-state index is 0. The Bertz CT molecular complexity index is 588. The Hall–Kier alpha value is -1.01. The van der Waals surface area contributed by atoms with Crippen molar-refractivity contribution in [3.05, 3.63) is 29.8 Å². The summed E-state index contributed by atoms with van der Waals surface area (Å²) in [5, 5.41) is 6.68. The maximum absolute atomic E-state index is 12.6. The van der Waals surface area contributed by atoms with Gasteiger partial charge in [0.05, 0.1) is 13.2 Å². The maximum atomic E-state index is 12.6. The number of benzene rings is 1. The lowest BCUT2D eigenvalue weighted by Crippen LogP contribution is -2.39. The molecule has 7 heteroatoms. The van der Waals surface area contributed by atoms with Gasteiger partial charge in [-0.1, -0.05) is 19.1 Å². The molecule has 1 aromatic rings. The van der Waals surface area contributed by atoms with Crippen LogP contribution in [0.2, 0.25) is 0 Å². The number of amides is 1. The topological polar surface area (TPSA) is 53.6 Å². The summed E-state index contributed by atoms with van der Waals surface area (Å²) in [4.78, 5) is 15.1. The van der Waals surface area contributed by atoms with E-state index in [1.54, 1.807) is 7.11 Å². The van der Waals surface area contributed by atoms with Crippen molar-refractivity contribution in [2.24, 2.45) is 11.8 Å². The Balaban J connectivity index is 0.00000210. The molecule has 1 amide bonds. The van der Waals surface area contributed by atoms with Crippen LogP contribution in [0.5, 0.6) is 5.75 Å². The van der Waals surface area contributed by atoms with Crippen LogP contribution in [0.25, 0.3) is 0 Å². The van der Waals surface area contributed by atoms with Gasteiger partial charge in [0, 0.05) is 13.0 Å². The van der Waals surface area contributed by atoms with Crippen LogP contribution in [0.3, 0.4) is 0 Å². The number of piperidine rings is 1. The lowest BCUT2D eigenvalue weighted by atomic mass is 9.85. The van der Waals surface area contributed by atoms with Crippen molar-refractivity contribution < 1.29 is 9.53 Å². The number of nitrogens with one attached hydrogen (secondary N) is 2. The first-order valence-corrected chi connectivity index (χ1v) is 10.5. The number of nitrogens with zero attached hydrogens (tertiary/aromatic N) is 1. The van der Waals surface area contributed by atoms with Crippen molar-refractivity contribution in [1.29, 1.82) is 0 Å². The van der Waals surface area contributed by atoms with E-state index in [-0.39, 0.29) is 36.8 Å². The van der Waals surface area contributed by atoms with Gasteiger partial charge in [-0.05, 0) is 81.4 Å².